The van der Waals surface area contributed by atoms with Crippen LogP contribution < -0.4 is 10.6 Å². The zero-order valence-electron chi connectivity index (χ0n) is 12.0. The van der Waals surface area contributed by atoms with Gasteiger partial charge in [0.2, 0.25) is 5.91 Å². The number of rotatable bonds is 4. The molecule has 5 nitrogen and oxygen atoms in total. The number of amides is 1. The number of aromatic nitrogens is 2. The SMILES string of the molecule is Cl.O=C(Nc1ccnn1Cc1ccc(Cl)cc1)C1CCNC1. The molecule has 2 heterocycles. The molecule has 0 bridgehead atoms. The third-order valence-corrected chi connectivity index (χ3v) is 3.90. The van der Waals surface area contributed by atoms with Crippen LogP contribution in [0.3, 0.4) is 0 Å². The first-order chi connectivity index (χ1) is 10.2. The molecule has 7 heteroatoms. The predicted molar refractivity (Wildman–Crippen MR) is 89.6 cm³/mol. The monoisotopic (exact) mass is 340 g/mol. The molecular weight excluding hydrogens is 323 g/mol. The van der Waals surface area contributed by atoms with E-state index in [1.54, 1.807) is 10.9 Å². The minimum Gasteiger partial charge on any atom is -0.316 e. The van der Waals surface area contributed by atoms with Crippen LogP contribution in [-0.2, 0) is 11.3 Å². The summed E-state index contributed by atoms with van der Waals surface area (Å²) in [5.74, 6) is 0.823. The molecule has 0 spiro atoms. The minimum absolute atomic E-state index is 0. The molecule has 1 aliphatic rings. The summed E-state index contributed by atoms with van der Waals surface area (Å²) < 4.78 is 1.78. The summed E-state index contributed by atoms with van der Waals surface area (Å²) in [7, 11) is 0. The van der Waals surface area contributed by atoms with Crippen molar-refractivity contribution in [2.45, 2.75) is 13.0 Å². The van der Waals surface area contributed by atoms with E-state index < -0.39 is 0 Å². The molecule has 3 rings (SSSR count). The molecule has 1 unspecified atom stereocenters. The van der Waals surface area contributed by atoms with Gasteiger partial charge in [-0.3, -0.25) is 4.79 Å². The van der Waals surface area contributed by atoms with Gasteiger partial charge < -0.3 is 10.6 Å². The zero-order valence-corrected chi connectivity index (χ0v) is 13.5. The number of anilines is 1. The van der Waals surface area contributed by atoms with Gasteiger partial charge >= 0.3 is 0 Å². The Bertz CT molecular complexity index is 621. The molecule has 1 aliphatic heterocycles. The molecule has 1 aromatic heterocycles. The first-order valence-electron chi connectivity index (χ1n) is 7.00. The zero-order chi connectivity index (χ0) is 14.7. The lowest BCUT2D eigenvalue weighted by Crippen LogP contribution is -2.26. The molecule has 22 heavy (non-hydrogen) atoms. The summed E-state index contributed by atoms with van der Waals surface area (Å²) in [6, 6.07) is 9.43. The van der Waals surface area contributed by atoms with E-state index in [1.807, 2.05) is 30.3 Å². The smallest absolute Gasteiger partial charge is 0.229 e. The molecule has 0 radical (unpaired) electrons. The second kappa shape index (κ2) is 7.63. The van der Waals surface area contributed by atoms with Crippen molar-refractivity contribution in [3.63, 3.8) is 0 Å². The number of benzene rings is 1. The summed E-state index contributed by atoms with van der Waals surface area (Å²) in [6.07, 6.45) is 2.58. The van der Waals surface area contributed by atoms with Crippen LogP contribution in [-0.4, -0.2) is 28.8 Å². The number of nitrogens with one attached hydrogen (secondary N) is 2. The van der Waals surface area contributed by atoms with Crippen LogP contribution in [0.4, 0.5) is 5.82 Å². The molecule has 0 saturated carbocycles. The molecule has 1 amide bonds. The largest absolute Gasteiger partial charge is 0.316 e. The van der Waals surface area contributed by atoms with E-state index in [0.29, 0.717) is 11.6 Å². The van der Waals surface area contributed by atoms with E-state index >= 15 is 0 Å². The van der Waals surface area contributed by atoms with Gasteiger partial charge in [-0.1, -0.05) is 23.7 Å². The van der Waals surface area contributed by atoms with E-state index in [4.69, 9.17) is 11.6 Å². The van der Waals surface area contributed by atoms with E-state index in [1.165, 1.54) is 0 Å². The topological polar surface area (TPSA) is 59.0 Å². The highest BCUT2D eigenvalue weighted by atomic mass is 35.5. The van der Waals surface area contributed by atoms with Crippen LogP contribution in [0, 0.1) is 5.92 Å². The minimum atomic E-state index is 0. The van der Waals surface area contributed by atoms with Gasteiger partial charge in [-0.15, -0.1) is 12.4 Å². The van der Waals surface area contributed by atoms with E-state index in [-0.39, 0.29) is 24.2 Å². The Morgan fingerprint density at radius 1 is 1.36 bits per heavy atom. The Morgan fingerprint density at radius 3 is 2.82 bits per heavy atom. The van der Waals surface area contributed by atoms with Crippen LogP contribution in [0.15, 0.2) is 36.5 Å². The molecule has 2 aromatic rings. The lowest BCUT2D eigenvalue weighted by Gasteiger charge is -2.12. The summed E-state index contributed by atoms with van der Waals surface area (Å²) in [4.78, 5) is 12.2. The van der Waals surface area contributed by atoms with Crippen molar-refractivity contribution >= 4 is 35.7 Å². The molecule has 1 atom stereocenters. The standard InChI is InChI=1S/C15H17ClN4O.ClH/c16-13-3-1-11(2-4-13)10-20-14(6-8-18-20)19-15(21)12-5-7-17-9-12;/h1-4,6,8,12,17H,5,7,9-10H2,(H,19,21);1H. The van der Waals surface area contributed by atoms with Crippen molar-refractivity contribution in [2.75, 3.05) is 18.4 Å². The van der Waals surface area contributed by atoms with Crippen LogP contribution in [0.1, 0.15) is 12.0 Å². The van der Waals surface area contributed by atoms with Gasteiger partial charge in [0.15, 0.2) is 0 Å². The van der Waals surface area contributed by atoms with Crippen molar-refractivity contribution in [2.24, 2.45) is 5.92 Å². The molecule has 0 aliphatic carbocycles. The molecule has 1 fully saturated rings. The van der Waals surface area contributed by atoms with Crippen molar-refractivity contribution in [3.05, 3.63) is 47.1 Å². The molecular formula is C15H18Cl2N4O. The maximum atomic E-state index is 12.2. The van der Waals surface area contributed by atoms with Crippen molar-refractivity contribution in [1.82, 2.24) is 15.1 Å². The summed E-state index contributed by atoms with van der Waals surface area (Å²) in [5.41, 5.74) is 1.08. The Morgan fingerprint density at radius 2 is 2.14 bits per heavy atom. The van der Waals surface area contributed by atoms with E-state index in [0.717, 1.165) is 30.9 Å². The summed E-state index contributed by atoms with van der Waals surface area (Å²) in [5, 5.41) is 11.1. The highest BCUT2D eigenvalue weighted by molar-refractivity contribution is 6.30. The summed E-state index contributed by atoms with van der Waals surface area (Å²) in [6.45, 7) is 2.25. The third-order valence-electron chi connectivity index (χ3n) is 3.64. The van der Waals surface area contributed by atoms with Crippen LogP contribution in [0.25, 0.3) is 0 Å². The Kier molecular flexibility index (Phi) is 5.83. The van der Waals surface area contributed by atoms with E-state index in [2.05, 4.69) is 15.7 Å². The van der Waals surface area contributed by atoms with Gasteiger partial charge in [0.1, 0.15) is 5.82 Å². The van der Waals surface area contributed by atoms with Crippen LogP contribution >= 0.6 is 24.0 Å². The van der Waals surface area contributed by atoms with Gasteiger partial charge in [-0.25, -0.2) is 4.68 Å². The van der Waals surface area contributed by atoms with Gasteiger partial charge in [0.05, 0.1) is 18.7 Å². The quantitative estimate of drug-likeness (QED) is 0.899. The predicted octanol–water partition coefficient (Wildman–Crippen LogP) is 2.55. The Labute approximate surface area is 140 Å². The number of halogens is 2. The van der Waals surface area contributed by atoms with Gasteiger partial charge in [0.25, 0.3) is 0 Å². The fraction of sp³-hybridized carbons (Fsp3) is 0.333. The van der Waals surface area contributed by atoms with Crippen molar-refractivity contribution in [1.29, 1.82) is 0 Å². The highest BCUT2D eigenvalue weighted by Gasteiger charge is 2.23. The first kappa shape index (κ1) is 16.8. The van der Waals surface area contributed by atoms with Gasteiger partial charge in [0, 0.05) is 17.6 Å². The van der Waals surface area contributed by atoms with Crippen LogP contribution in [0.2, 0.25) is 5.02 Å². The number of nitrogens with zero attached hydrogens (tertiary/aromatic N) is 2. The number of carbonyl (C=O) groups is 1. The fourth-order valence-corrected chi connectivity index (χ4v) is 2.56. The summed E-state index contributed by atoms with van der Waals surface area (Å²) >= 11 is 5.88. The number of hydrogen-bond donors (Lipinski definition) is 2. The maximum Gasteiger partial charge on any atom is 0.229 e. The molecule has 1 saturated heterocycles. The molecule has 118 valence electrons. The van der Waals surface area contributed by atoms with Crippen LogP contribution in [0.5, 0.6) is 0 Å². The second-order valence-corrected chi connectivity index (χ2v) is 5.62. The third kappa shape index (κ3) is 4.00. The maximum absolute atomic E-state index is 12.2. The fourth-order valence-electron chi connectivity index (χ4n) is 2.43. The van der Waals surface area contributed by atoms with Crippen molar-refractivity contribution in [3.8, 4) is 0 Å². The van der Waals surface area contributed by atoms with Gasteiger partial charge in [-0.05, 0) is 30.7 Å². The normalized spacial score (nSPS) is 17.0. The average Bonchev–Trinajstić information content (AvgIpc) is 3.14. The second-order valence-electron chi connectivity index (χ2n) is 5.18. The van der Waals surface area contributed by atoms with Gasteiger partial charge in [-0.2, -0.15) is 5.10 Å². The Hall–Kier alpha value is -1.56. The Balaban J connectivity index is 0.00000176. The lowest BCUT2D eigenvalue weighted by atomic mass is 10.1. The molecule has 1 aromatic carbocycles. The first-order valence-corrected chi connectivity index (χ1v) is 7.38. The van der Waals surface area contributed by atoms with Crippen molar-refractivity contribution < 1.29 is 4.79 Å². The lowest BCUT2D eigenvalue weighted by molar-refractivity contribution is -0.119. The van der Waals surface area contributed by atoms with E-state index in [9.17, 15) is 4.79 Å². The molecule has 2 N–H and O–H groups in total. The highest BCUT2D eigenvalue weighted by Crippen LogP contribution is 2.15. The number of carbonyl (C=O) groups excluding carboxylic acids is 1. The average molecular weight is 341 g/mol. The number of hydrogen-bond acceptors (Lipinski definition) is 3.